The van der Waals surface area contributed by atoms with E-state index in [1.807, 2.05) is 0 Å². The number of ether oxygens (including phenoxy) is 1. The molecule has 0 aliphatic carbocycles. The van der Waals surface area contributed by atoms with Crippen molar-refractivity contribution in [1.29, 1.82) is 0 Å². The number of amides is 1. The molecule has 3 rings (SSSR count). The summed E-state index contributed by atoms with van der Waals surface area (Å²) in [5.41, 5.74) is 0.898. The number of rotatable bonds is 6. The average Bonchev–Trinajstić information content (AvgIpc) is 2.72. The lowest BCUT2D eigenvalue weighted by Gasteiger charge is -2.27. The van der Waals surface area contributed by atoms with Crippen molar-refractivity contribution in [3.63, 3.8) is 0 Å². The second-order valence-electron chi connectivity index (χ2n) is 6.98. The van der Waals surface area contributed by atoms with Crippen LogP contribution in [0.25, 0.3) is 0 Å². The van der Waals surface area contributed by atoms with E-state index in [0.29, 0.717) is 30.9 Å². The summed E-state index contributed by atoms with van der Waals surface area (Å²) in [6, 6.07) is 8.71. The number of benzene rings is 2. The number of hydrogen-bond donors (Lipinski definition) is 1. The van der Waals surface area contributed by atoms with Gasteiger partial charge in [-0.1, -0.05) is 12.5 Å². The number of hydrogen-bond acceptors (Lipinski definition) is 4. The van der Waals surface area contributed by atoms with Crippen LogP contribution >= 0.6 is 0 Å². The van der Waals surface area contributed by atoms with Crippen molar-refractivity contribution in [2.75, 3.05) is 25.0 Å². The van der Waals surface area contributed by atoms with Crippen LogP contribution in [-0.2, 0) is 10.0 Å². The van der Waals surface area contributed by atoms with Crippen molar-refractivity contribution in [3.05, 3.63) is 53.3 Å². The molecule has 2 aromatic carbocycles. The third-order valence-electron chi connectivity index (χ3n) is 4.87. The Bertz CT molecular complexity index is 1000. The highest BCUT2D eigenvalue weighted by Crippen LogP contribution is 2.31. The maximum atomic E-state index is 13.8. The number of carbonyl (C=O) groups excluding carboxylic acids is 1. The van der Waals surface area contributed by atoms with Crippen LogP contribution in [-0.4, -0.2) is 38.3 Å². The van der Waals surface area contributed by atoms with Gasteiger partial charge in [-0.2, -0.15) is 4.31 Å². The van der Waals surface area contributed by atoms with E-state index < -0.39 is 21.7 Å². The number of sulfonamides is 1. The van der Waals surface area contributed by atoms with Crippen molar-refractivity contribution in [3.8, 4) is 5.75 Å². The number of nitrogens with one attached hydrogen (secondary N) is 1. The highest BCUT2D eigenvalue weighted by Gasteiger charge is 2.29. The lowest BCUT2D eigenvalue weighted by atomic mass is 10.1. The molecule has 1 saturated heterocycles. The van der Waals surface area contributed by atoms with Gasteiger partial charge in [0.25, 0.3) is 5.91 Å². The standard InChI is InChI=1S/C21H25FN2O4S/c1-3-28-19-10-9-17(23-21(25)16-8-7-15(2)18(22)13-16)14-20(19)29(26,27)24-11-5-4-6-12-24/h7-10,13-14H,3-6,11-12H2,1-2H3,(H,23,25). The molecule has 0 radical (unpaired) electrons. The Morgan fingerprint density at radius 1 is 1.14 bits per heavy atom. The van der Waals surface area contributed by atoms with Gasteiger partial charge in [-0.3, -0.25) is 4.79 Å². The van der Waals surface area contributed by atoms with E-state index in [4.69, 9.17) is 4.74 Å². The number of carbonyl (C=O) groups is 1. The lowest BCUT2D eigenvalue weighted by Crippen LogP contribution is -2.35. The SMILES string of the molecule is CCOc1ccc(NC(=O)c2ccc(C)c(F)c2)cc1S(=O)(=O)N1CCCCC1. The van der Waals surface area contributed by atoms with E-state index in [1.54, 1.807) is 19.9 Å². The molecule has 1 aliphatic rings. The first-order chi connectivity index (χ1) is 13.8. The van der Waals surface area contributed by atoms with Crippen LogP contribution in [0.2, 0.25) is 0 Å². The van der Waals surface area contributed by atoms with Gasteiger partial charge in [0.2, 0.25) is 10.0 Å². The minimum Gasteiger partial charge on any atom is -0.492 e. The summed E-state index contributed by atoms with van der Waals surface area (Å²) in [7, 11) is -3.75. The zero-order chi connectivity index (χ0) is 21.0. The Morgan fingerprint density at radius 3 is 2.52 bits per heavy atom. The van der Waals surface area contributed by atoms with Crippen molar-refractivity contribution in [1.82, 2.24) is 4.31 Å². The Morgan fingerprint density at radius 2 is 1.86 bits per heavy atom. The molecule has 8 heteroatoms. The van der Waals surface area contributed by atoms with Crippen LogP contribution in [0.4, 0.5) is 10.1 Å². The summed E-state index contributed by atoms with van der Waals surface area (Å²) < 4.78 is 47.0. The summed E-state index contributed by atoms with van der Waals surface area (Å²) in [4.78, 5) is 12.5. The van der Waals surface area contributed by atoms with Crippen LogP contribution in [0.1, 0.15) is 42.1 Å². The maximum Gasteiger partial charge on any atom is 0.255 e. The molecule has 2 aromatic rings. The fraction of sp³-hybridized carbons (Fsp3) is 0.381. The van der Waals surface area contributed by atoms with E-state index in [2.05, 4.69) is 5.32 Å². The van der Waals surface area contributed by atoms with Gasteiger partial charge in [-0.15, -0.1) is 0 Å². The number of halogens is 1. The van der Waals surface area contributed by atoms with Crippen LogP contribution in [0.3, 0.4) is 0 Å². The molecule has 0 spiro atoms. The molecule has 1 heterocycles. The average molecular weight is 421 g/mol. The lowest BCUT2D eigenvalue weighted by molar-refractivity contribution is 0.102. The topological polar surface area (TPSA) is 75.7 Å². The van der Waals surface area contributed by atoms with Gasteiger partial charge in [0.05, 0.1) is 6.61 Å². The third kappa shape index (κ3) is 4.76. The number of piperidine rings is 1. The Hall–Kier alpha value is -2.45. The highest BCUT2D eigenvalue weighted by atomic mass is 32.2. The molecule has 0 atom stereocenters. The van der Waals surface area contributed by atoms with Gasteiger partial charge in [0.1, 0.15) is 16.5 Å². The van der Waals surface area contributed by atoms with E-state index in [0.717, 1.165) is 25.3 Å². The van der Waals surface area contributed by atoms with Gasteiger partial charge in [0.15, 0.2) is 0 Å². The minimum atomic E-state index is -3.75. The van der Waals surface area contributed by atoms with Crippen molar-refractivity contribution < 1.29 is 22.3 Å². The van der Waals surface area contributed by atoms with Crippen LogP contribution in [0.5, 0.6) is 5.75 Å². The summed E-state index contributed by atoms with van der Waals surface area (Å²) in [5.74, 6) is -0.746. The van der Waals surface area contributed by atoms with E-state index in [-0.39, 0.29) is 16.2 Å². The second-order valence-corrected chi connectivity index (χ2v) is 8.88. The molecule has 0 unspecified atom stereocenters. The molecule has 1 N–H and O–H groups in total. The Labute approximate surface area is 170 Å². The van der Waals surface area contributed by atoms with Crippen LogP contribution in [0.15, 0.2) is 41.3 Å². The molecule has 0 aromatic heterocycles. The third-order valence-corrected chi connectivity index (χ3v) is 6.79. The smallest absolute Gasteiger partial charge is 0.255 e. The predicted molar refractivity (Wildman–Crippen MR) is 109 cm³/mol. The van der Waals surface area contributed by atoms with Gasteiger partial charge in [-0.05, 0) is 62.6 Å². The second kappa shape index (κ2) is 8.92. The molecule has 156 valence electrons. The summed E-state index contributed by atoms with van der Waals surface area (Å²) in [6.07, 6.45) is 2.64. The molecular formula is C21H25FN2O4S. The fourth-order valence-electron chi connectivity index (χ4n) is 3.24. The zero-order valence-corrected chi connectivity index (χ0v) is 17.4. The Kier molecular flexibility index (Phi) is 6.54. The van der Waals surface area contributed by atoms with E-state index in [1.165, 1.54) is 28.6 Å². The van der Waals surface area contributed by atoms with E-state index in [9.17, 15) is 17.6 Å². The van der Waals surface area contributed by atoms with Gasteiger partial charge in [-0.25, -0.2) is 12.8 Å². The zero-order valence-electron chi connectivity index (χ0n) is 16.6. The normalized spacial score (nSPS) is 15.1. The van der Waals surface area contributed by atoms with Gasteiger partial charge < -0.3 is 10.1 Å². The van der Waals surface area contributed by atoms with Crippen molar-refractivity contribution in [2.45, 2.75) is 38.0 Å². The monoisotopic (exact) mass is 420 g/mol. The first-order valence-corrected chi connectivity index (χ1v) is 11.1. The first-order valence-electron chi connectivity index (χ1n) is 9.67. The van der Waals surface area contributed by atoms with E-state index >= 15 is 0 Å². The first kappa shape index (κ1) is 21.3. The van der Waals surface area contributed by atoms with Crippen molar-refractivity contribution in [2.24, 2.45) is 0 Å². The van der Waals surface area contributed by atoms with Crippen LogP contribution in [0, 0.1) is 12.7 Å². The quantitative estimate of drug-likeness (QED) is 0.768. The molecule has 1 amide bonds. The Balaban J connectivity index is 1.91. The highest BCUT2D eigenvalue weighted by molar-refractivity contribution is 7.89. The van der Waals surface area contributed by atoms with Crippen LogP contribution < -0.4 is 10.1 Å². The minimum absolute atomic E-state index is 0.0223. The largest absolute Gasteiger partial charge is 0.492 e. The van der Waals surface area contributed by atoms with Gasteiger partial charge >= 0.3 is 0 Å². The molecule has 1 aliphatic heterocycles. The molecule has 1 fully saturated rings. The number of aryl methyl sites for hydroxylation is 1. The summed E-state index contributed by atoms with van der Waals surface area (Å²) >= 11 is 0. The molecule has 29 heavy (non-hydrogen) atoms. The molecular weight excluding hydrogens is 395 g/mol. The summed E-state index contributed by atoms with van der Waals surface area (Å²) in [6.45, 7) is 4.64. The molecule has 0 bridgehead atoms. The number of anilines is 1. The molecule has 0 saturated carbocycles. The summed E-state index contributed by atoms with van der Waals surface area (Å²) in [5, 5.41) is 2.65. The predicted octanol–water partition coefficient (Wildman–Crippen LogP) is 3.96. The number of nitrogens with zero attached hydrogens (tertiary/aromatic N) is 1. The fourth-order valence-corrected chi connectivity index (χ4v) is 4.92. The molecule has 6 nitrogen and oxygen atoms in total. The van der Waals surface area contributed by atoms with Gasteiger partial charge in [0, 0.05) is 24.3 Å². The van der Waals surface area contributed by atoms with Crippen molar-refractivity contribution >= 4 is 21.6 Å². The maximum absolute atomic E-state index is 13.8.